The van der Waals surface area contributed by atoms with Crippen molar-refractivity contribution < 1.29 is 0 Å². The Bertz CT molecular complexity index is 261. The van der Waals surface area contributed by atoms with Crippen LogP contribution in [0.5, 0.6) is 0 Å². The monoisotopic (exact) mass is 265 g/mol. The molecular formula is C16H31N3. The predicted octanol–water partition coefficient (Wildman–Crippen LogP) is 2.08. The summed E-state index contributed by atoms with van der Waals surface area (Å²) in [7, 11) is 0. The Morgan fingerprint density at radius 2 is 1.63 bits per heavy atom. The Kier molecular flexibility index (Phi) is 4.78. The first kappa shape index (κ1) is 13.8. The third kappa shape index (κ3) is 3.32. The molecule has 3 aliphatic rings. The van der Waals surface area contributed by atoms with Gasteiger partial charge in [-0.05, 0) is 58.2 Å². The summed E-state index contributed by atoms with van der Waals surface area (Å²) in [6, 6.07) is 2.56. The van der Waals surface area contributed by atoms with Crippen molar-refractivity contribution in [1.29, 1.82) is 0 Å². The van der Waals surface area contributed by atoms with Crippen molar-refractivity contribution in [1.82, 2.24) is 15.1 Å². The van der Waals surface area contributed by atoms with Crippen molar-refractivity contribution in [3.8, 4) is 0 Å². The highest BCUT2D eigenvalue weighted by atomic mass is 15.3. The lowest BCUT2D eigenvalue weighted by atomic mass is 9.97. The zero-order valence-corrected chi connectivity index (χ0v) is 12.6. The largest absolute Gasteiger partial charge is 0.314 e. The van der Waals surface area contributed by atoms with Crippen molar-refractivity contribution in [3.63, 3.8) is 0 Å². The highest BCUT2D eigenvalue weighted by Gasteiger charge is 2.40. The molecule has 3 heteroatoms. The van der Waals surface area contributed by atoms with Gasteiger partial charge in [-0.3, -0.25) is 4.90 Å². The predicted molar refractivity (Wildman–Crippen MR) is 80.5 cm³/mol. The van der Waals surface area contributed by atoms with Gasteiger partial charge in [-0.15, -0.1) is 0 Å². The maximum atomic E-state index is 3.67. The molecule has 1 N–H and O–H groups in total. The van der Waals surface area contributed by atoms with Crippen molar-refractivity contribution in [2.75, 3.05) is 32.7 Å². The SMILES string of the molecule is CCNC1CC2CCC(C1)N2CCN1CCCCC1. The van der Waals surface area contributed by atoms with Crippen LogP contribution in [-0.4, -0.2) is 60.6 Å². The molecule has 3 fully saturated rings. The van der Waals surface area contributed by atoms with Gasteiger partial charge in [-0.2, -0.15) is 0 Å². The second-order valence-corrected chi connectivity index (χ2v) is 6.75. The third-order valence-corrected chi connectivity index (χ3v) is 5.50. The topological polar surface area (TPSA) is 18.5 Å². The maximum Gasteiger partial charge on any atom is 0.0115 e. The van der Waals surface area contributed by atoms with E-state index in [1.54, 1.807) is 0 Å². The Hall–Kier alpha value is -0.120. The van der Waals surface area contributed by atoms with E-state index in [0.29, 0.717) is 0 Å². The first-order valence-electron chi connectivity index (χ1n) is 8.58. The highest BCUT2D eigenvalue weighted by molar-refractivity contribution is 4.97. The van der Waals surface area contributed by atoms with Gasteiger partial charge in [-0.25, -0.2) is 0 Å². The van der Waals surface area contributed by atoms with Gasteiger partial charge in [0, 0.05) is 31.2 Å². The number of hydrogen-bond donors (Lipinski definition) is 1. The van der Waals surface area contributed by atoms with Crippen LogP contribution in [0.4, 0.5) is 0 Å². The molecule has 3 heterocycles. The number of nitrogens with one attached hydrogen (secondary N) is 1. The number of likely N-dealkylation sites (tertiary alicyclic amines) is 1. The van der Waals surface area contributed by atoms with Gasteiger partial charge in [0.2, 0.25) is 0 Å². The molecule has 0 amide bonds. The smallest absolute Gasteiger partial charge is 0.0115 e. The van der Waals surface area contributed by atoms with Crippen molar-refractivity contribution >= 4 is 0 Å². The molecule has 0 spiro atoms. The quantitative estimate of drug-likeness (QED) is 0.821. The van der Waals surface area contributed by atoms with Gasteiger partial charge in [0.25, 0.3) is 0 Å². The standard InChI is InChI=1S/C16H31N3/c1-2-17-14-12-15-6-7-16(13-14)19(15)11-10-18-8-4-3-5-9-18/h14-17H,2-13H2,1H3. The van der Waals surface area contributed by atoms with Gasteiger partial charge in [0.1, 0.15) is 0 Å². The average Bonchev–Trinajstić information content (AvgIpc) is 2.68. The fourth-order valence-electron chi connectivity index (χ4n) is 4.53. The highest BCUT2D eigenvalue weighted by Crippen LogP contribution is 2.35. The van der Waals surface area contributed by atoms with Crippen LogP contribution in [0.15, 0.2) is 0 Å². The third-order valence-electron chi connectivity index (χ3n) is 5.50. The van der Waals surface area contributed by atoms with Crippen LogP contribution in [0.1, 0.15) is 51.9 Å². The fraction of sp³-hybridized carbons (Fsp3) is 1.00. The Balaban J connectivity index is 1.47. The molecule has 0 aromatic carbocycles. The summed E-state index contributed by atoms with van der Waals surface area (Å²) in [6.07, 6.45) is 9.99. The molecule has 0 aliphatic carbocycles. The van der Waals surface area contributed by atoms with E-state index in [2.05, 4.69) is 22.0 Å². The lowest BCUT2D eigenvalue weighted by molar-refractivity contribution is 0.0961. The normalized spacial score (nSPS) is 36.8. The second-order valence-electron chi connectivity index (χ2n) is 6.75. The number of hydrogen-bond acceptors (Lipinski definition) is 3. The van der Waals surface area contributed by atoms with E-state index < -0.39 is 0 Å². The molecule has 0 aromatic rings. The molecule has 2 atom stereocenters. The molecular weight excluding hydrogens is 234 g/mol. The molecule has 3 nitrogen and oxygen atoms in total. The number of piperidine rings is 2. The van der Waals surface area contributed by atoms with Gasteiger partial charge < -0.3 is 10.2 Å². The van der Waals surface area contributed by atoms with Gasteiger partial charge in [0.15, 0.2) is 0 Å². The van der Waals surface area contributed by atoms with E-state index in [-0.39, 0.29) is 0 Å². The minimum atomic E-state index is 0.800. The Labute approximate surface area is 118 Å². The zero-order valence-electron chi connectivity index (χ0n) is 12.6. The van der Waals surface area contributed by atoms with Crippen LogP contribution in [0, 0.1) is 0 Å². The van der Waals surface area contributed by atoms with Crippen LogP contribution in [-0.2, 0) is 0 Å². The van der Waals surface area contributed by atoms with E-state index in [1.807, 2.05) is 0 Å². The van der Waals surface area contributed by atoms with Crippen molar-refractivity contribution in [2.24, 2.45) is 0 Å². The number of fused-ring (bicyclic) bond motifs is 2. The second kappa shape index (κ2) is 6.55. The fourth-order valence-corrected chi connectivity index (χ4v) is 4.53. The van der Waals surface area contributed by atoms with E-state index >= 15 is 0 Å². The van der Waals surface area contributed by atoms with Crippen LogP contribution >= 0.6 is 0 Å². The minimum Gasteiger partial charge on any atom is -0.314 e. The summed E-state index contributed by atoms with van der Waals surface area (Å²) < 4.78 is 0. The first-order valence-corrected chi connectivity index (χ1v) is 8.58. The van der Waals surface area contributed by atoms with Gasteiger partial charge >= 0.3 is 0 Å². The molecule has 19 heavy (non-hydrogen) atoms. The summed E-state index contributed by atoms with van der Waals surface area (Å²) in [5, 5.41) is 3.67. The summed E-state index contributed by atoms with van der Waals surface area (Å²) >= 11 is 0. The Morgan fingerprint density at radius 3 is 2.26 bits per heavy atom. The molecule has 0 saturated carbocycles. The van der Waals surface area contributed by atoms with Gasteiger partial charge in [-0.1, -0.05) is 13.3 Å². The number of nitrogens with zero attached hydrogens (tertiary/aromatic N) is 2. The molecule has 3 rings (SSSR count). The van der Waals surface area contributed by atoms with Gasteiger partial charge in [0.05, 0.1) is 0 Å². The first-order chi connectivity index (χ1) is 9.36. The van der Waals surface area contributed by atoms with E-state index in [0.717, 1.165) is 24.7 Å². The molecule has 110 valence electrons. The van der Waals surface area contributed by atoms with Crippen LogP contribution in [0.2, 0.25) is 0 Å². The zero-order chi connectivity index (χ0) is 13.1. The molecule has 0 radical (unpaired) electrons. The average molecular weight is 265 g/mol. The summed E-state index contributed by atoms with van der Waals surface area (Å²) in [6.45, 7) is 8.72. The molecule has 3 aliphatic heterocycles. The van der Waals surface area contributed by atoms with Crippen LogP contribution in [0.3, 0.4) is 0 Å². The lowest BCUT2D eigenvalue weighted by Gasteiger charge is -2.40. The summed E-state index contributed by atoms with van der Waals surface area (Å²) in [4.78, 5) is 5.54. The lowest BCUT2D eigenvalue weighted by Crippen LogP contribution is -2.51. The van der Waals surface area contributed by atoms with Crippen LogP contribution in [0.25, 0.3) is 0 Å². The molecule has 2 bridgehead atoms. The molecule has 3 saturated heterocycles. The Morgan fingerprint density at radius 1 is 0.947 bits per heavy atom. The molecule has 0 aromatic heterocycles. The molecule has 2 unspecified atom stereocenters. The summed E-state index contributed by atoms with van der Waals surface area (Å²) in [5.41, 5.74) is 0. The number of rotatable bonds is 5. The van der Waals surface area contributed by atoms with E-state index in [1.165, 1.54) is 71.1 Å². The van der Waals surface area contributed by atoms with E-state index in [4.69, 9.17) is 0 Å². The van der Waals surface area contributed by atoms with Crippen molar-refractivity contribution in [3.05, 3.63) is 0 Å². The maximum absolute atomic E-state index is 3.67. The summed E-state index contributed by atoms with van der Waals surface area (Å²) in [5.74, 6) is 0. The van der Waals surface area contributed by atoms with Crippen LogP contribution < -0.4 is 5.32 Å². The van der Waals surface area contributed by atoms with E-state index in [9.17, 15) is 0 Å². The minimum absolute atomic E-state index is 0.800. The van der Waals surface area contributed by atoms with Crippen molar-refractivity contribution in [2.45, 2.75) is 70.0 Å².